The third-order valence-electron chi connectivity index (χ3n) is 5.21. The molecule has 0 unspecified atom stereocenters. The van der Waals surface area contributed by atoms with E-state index in [1.54, 1.807) is 13.8 Å². The molecule has 3 rings (SSSR count). The van der Waals surface area contributed by atoms with Gasteiger partial charge in [-0.1, -0.05) is 13.8 Å². The van der Waals surface area contributed by atoms with Gasteiger partial charge in [0.05, 0.1) is 21.0 Å². The van der Waals surface area contributed by atoms with E-state index in [9.17, 15) is 24.8 Å². The lowest BCUT2D eigenvalue weighted by Crippen LogP contribution is -2.71. The van der Waals surface area contributed by atoms with Crippen molar-refractivity contribution in [3.8, 4) is 0 Å². The fourth-order valence-electron chi connectivity index (χ4n) is 3.55. The highest BCUT2D eigenvalue weighted by Crippen LogP contribution is 2.59. The molecular weight excluding hydrogens is 372 g/mol. The van der Waals surface area contributed by atoms with Gasteiger partial charge < -0.3 is 9.84 Å². The van der Waals surface area contributed by atoms with Crippen molar-refractivity contribution in [2.24, 2.45) is 11.8 Å². The summed E-state index contributed by atoms with van der Waals surface area (Å²) >= 11 is 1.40. The molecule has 9 heteroatoms. The number of hydrogen-bond acceptors (Lipinski definition) is 7. The summed E-state index contributed by atoms with van der Waals surface area (Å²) in [5.74, 6) is -1.26. The van der Waals surface area contributed by atoms with Crippen LogP contribution in [0.4, 0.5) is 5.69 Å². The molecule has 2 aliphatic rings. The van der Waals surface area contributed by atoms with E-state index in [0.29, 0.717) is 5.56 Å². The molecule has 0 aliphatic carbocycles. The molecule has 2 aliphatic heterocycles. The zero-order valence-electron chi connectivity index (χ0n) is 15.5. The molecule has 1 amide bonds. The van der Waals surface area contributed by atoms with Crippen LogP contribution in [0.5, 0.6) is 0 Å². The Labute approximate surface area is 161 Å². The highest BCUT2D eigenvalue weighted by Gasteiger charge is 2.73. The molecule has 1 N–H and O–H groups in total. The van der Waals surface area contributed by atoms with Gasteiger partial charge in [0.25, 0.3) is 11.4 Å². The van der Waals surface area contributed by atoms with E-state index < -0.39 is 21.4 Å². The fraction of sp³-hybridized carbons (Fsp3) is 0.556. The second kappa shape index (κ2) is 6.49. The molecule has 1 aromatic carbocycles. The molecule has 0 bridgehead atoms. The summed E-state index contributed by atoms with van der Waals surface area (Å²) in [5, 5.41) is 21.6. The standard InChI is InChI=1S/C18H22N2O6S/c1-10(2)13-14(21)19-15(13)27-17(3,4)18(19,23)16(22)26-9-11-5-7-12(8-6-11)20(24)25/h5-8,10,13,15,23H,9H2,1-4H3/t13-,15+,18+/m0/s1. The van der Waals surface area contributed by atoms with Crippen molar-refractivity contribution in [1.82, 2.24) is 4.90 Å². The molecule has 0 saturated carbocycles. The fourth-order valence-corrected chi connectivity index (χ4v) is 5.44. The van der Waals surface area contributed by atoms with Crippen molar-refractivity contribution in [3.63, 3.8) is 0 Å². The lowest BCUT2D eigenvalue weighted by Gasteiger charge is -2.48. The molecule has 0 radical (unpaired) electrons. The van der Waals surface area contributed by atoms with E-state index >= 15 is 0 Å². The van der Waals surface area contributed by atoms with Crippen LogP contribution in [0.2, 0.25) is 0 Å². The number of nitro groups is 1. The first-order valence-corrected chi connectivity index (χ1v) is 9.52. The second-order valence-corrected chi connectivity index (χ2v) is 9.41. The summed E-state index contributed by atoms with van der Waals surface area (Å²) in [4.78, 5) is 36.7. The number of benzene rings is 1. The van der Waals surface area contributed by atoms with Crippen molar-refractivity contribution in [2.75, 3.05) is 0 Å². The molecule has 27 heavy (non-hydrogen) atoms. The molecule has 3 atom stereocenters. The maximum absolute atomic E-state index is 12.8. The molecule has 0 aromatic heterocycles. The monoisotopic (exact) mass is 394 g/mol. The SMILES string of the molecule is CC(C)[C@H]1C(=O)N2[C@@H]1SC(C)(C)[C@]2(O)C(=O)OCc1ccc([N+](=O)[O-])cc1. The topological polar surface area (TPSA) is 110 Å². The first kappa shape index (κ1) is 19.6. The number of hydrogen-bond donors (Lipinski definition) is 1. The minimum absolute atomic E-state index is 0.0641. The lowest BCUT2D eigenvalue weighted by molar-refractivity contribution is -0.384. The third-order valence-corrected chi connectivity index (χ3v) is 6.83. The molecular formula is C18H22N2O6S. The van der Waals surface area contributed by atoms with Crippen LogP contribution in [0, 0.1) is 22.0 Å². The van der Waals surface area contributed by atoms with Gasteiger partial charge >= 0.3 is 5.97 Å². The number of nitro benzene ring substituents is 1. The highest BCUT2D eigenvalue weighted by atomic mass is 32.2. The highest BCUT2D eigenvalue weighted by molar-refractivity contribution is 8.01. The number of carbonyl (C=O) groups excluding carboxylic acids is 2. The second-order valence-electron chi connectivity index (χ2n) is 7.67. The van der Waals surface area contributed by atoms with Crippen molar-refractivity contribution in [2.45, 2.75) is 50.1 Å². The van der Waals surface area contributed by atoms with Gasteiger partial charge in [-0.2, -0.15) is 0 Å². The number of nitrogens with zero attached hydrogens (tertiary/aromatic N) is 2. The Morgan fingerprint density at radius 1 is 1.37 bits per heavy atom. The number of ether oxygens (including phenoxy) is 1. The summed E-state index contributed by atoms with van der Waals surface area (Å²) < 4.78 is 4.35. The summed E-state index contributed by atoms with van der Waals surface area (Å²) in [6.07, 6.45) is 0. The number of β-lactam (4-membered cyclic amide) rings is 1. The van der Waals surface area contributed by atoms with Crippen LogP contribution >= 0.6 is 11.8 Å². The predicted octanol–water partition coefficient (Wildman–Crippen LogP) is 2.29. The van der Waals surface area contributed by atoms with Gasteiger partial charge in [-0.3, -0.25) is 19.8 Å². The Hall–Kier alpha value is -2.13. The zero-order valence-corrected chi connectivity index (χ0v) is 16.4. The van der Waals surface area contributed by atoms with Gasteiger partial charge in [-0.15, -0.1) is 11.8 Å². The van der Waals surface area contributed by atoms with Crippen LogP contribution in [-0.2, 0) is 20.9 Å². The number of fused-ring (bicyclic) bond motifs is 1. The summed E-state index contributed by atoms with van der Waals surface area (Å²) in [6.45, 7) is 7.16. The van der Waals surface area contributed by atoms with Crippen LogP contribution in [0.3, 0.4) is 0 Å². The number of carbonyl (C=O) groups is 2. The minimum Gasteiger partial charge on any atom is -0.457 e. The van der Waals surface area contributed by atoms with Gasteiger partial charge in [0.1, 0.15) is 6.61 Å². The summed E-state index contributed by atoms with van der Waals surface area (Å²) in [6, 6.07) is 5.59. The van der Waals surface area contributed by atoms with E-state index in [0.717, 1.165) is 0 Å². The van der Waals surface area contributed by atoms with Crippen LogP contribution in [0.25, 0.3) is 0 Å². The molecule has 2 heterocycles. The van der Waals surface area contributed by atoms with E-state index in [1.165, 1.54) is 40.9 Å². The molecule has 146 valence electrons. The van der Waals surface area contributed by atoms with Gasteiger partial charge in [0, 0.05) is 12.1 Å². The van der Waals surface area contributed by atoms with Crippen molar-refractivity contribution < 1.29 is 24.4 Å². The summed E-state index contributed by atoms with van der Waals surface area (Å²) in [7, 11) is 0. The normalized spacial score (nSPS) is 28.7. The quantitative estimate of drug-likeness (QED) is 0.353. The van der Waals surface area contributed by atoms with E-state index in [4.69, 9.17) is 4.74 Å². The van der Waals surface area contributed by atoms with Crippen molar-refractivity contribution in [3.05, 3.63) is 39.9 Å². The van der Waals surface area contributed by atoms with Gasteiger partial charge in [0.15, 0.2) is 0 Å². The Morgan fingerprint density at radius 3 is 2.48 bits per heavy atom. The van der Waals surface area contributed by atoms with Gasteiger partial charge in [0.2, 0.25) is 5.91 Å². The van der Waals surface area contributed by atoms with Crippen LogP contribution in [0.1, 0.15) is 33.3 Å². The predicted molar refractivity (Wildman–Crippen MR) is 98.5 cm³/mol. The average Bonchev–Trinajstić information content (AvgIpc) is 2.76. The van der Waals surface area contributed by atoms with Crippen LogP contribution in [-0.4, -0.2) is 42.7 Å². The van der Waals surface area contributed by atoms with Crippen LogP contribution < -0.4 is 0 Å². The number of aliphatic hydroxyl groups is 1. The Kier molecular flexibility index (Phi) is 4.72. The number of non-ortho nitro benzene ring substituents is 1. The number of thioether (sulfide) groups is 1. The first-order valence-electron chi connectivity index (χ1n) is 8.64. The largest absolute Gasteiger partial charge is 0.457 e. The maximum Gasteiger partial charge on any atom is 0.361 e. The first-order chi connectivity index (χ1) is 12.5. The Bertz CT molecular complexity index is 794. The molecule has 1 aromatic rings. The van der Waals surface area contributed by atoms with Gasteiger partial charge in [-0.25, -0.2) is 4.79 Å². The lowest BCUT2D eigenvalue weighted by atomic mass is 9.83. The Balaban J connectivity index is 1.75. The number of amides is 1. The van der Waals surface area contributed by atoms with Crippen LogP contribution in [0.15, 0.2) is 24.3 Å². The van der Waals surface area contributed by atoms with E-state index in [-0.39, 0.29) is 35.4 Å². The van der Waals surface area contributed by atoms with Crippen molar-refractivity contribution in [1.29, 1.82) is 0 Å². The summed E-state index contributed by atoms with van der Waals surface area (Å²) in [5.41, 5.74) is -1.57. The molecule has 0 spiro atoms. The van der Waals surface area contributed by atoms with E-state index in [1.807, 2.05) is 13.8 Å². The number of esters is 1. The third kappa shape index (κ3) is 2.89. The van der Waals surface area contributed by atoms with E-state index in [2.05, 4.69) is 0 Å². The smallest absolute Gasteiger partial charge is 0.361 e. The average molecular weight is 394 g/mol. The maximum atomic E-state index is 12.8. The van der Waals surface area contributed by atoms with Gasteiger partial charge in [-0.05, 0) is 37.5 Å². The minimum atomic E-state index is -2.05. The molecule has 2 saturated heterocycles. The molecule has 2 fully saturated rings. The Morgan fingerprint density at radius 2 is 1.96 bits per heavy atom. The number of rotatable bonds is 5. The van der Waals surface area contributed by atoms with Crippen molar-refractivity contribution >= 4 is 29.3 Å². The molecule has 8 nitrogen and oxygen atoms in total. The zero-order chi connectivity index (χ0) is 20.1.